The maximum atomic E-state index is 13.0. The molecule has 2 fully saturated rings. The van der Waals surface area contributed by atoms with Gasteiger partial charge in [-0.3, -0.25) is 9.59 Å². The maximum Gasteiger partial charge on any atom is 0.270 e. The first-order valence-corrected chi connectivity index (χ1v) is 13.4. The van der Waals surface area contributed by atoms with Crippen molar-refractivity contribution in [3.63, 3.8) is 0 Å². The number of benzene rings is 1. The molecule has 3 heterocycles. The second-order valence-corrected chi connectivity index (χ2v) is 10.6. The molecule has 0 saturated carbocycles. The Morgan fingerprint density at radius 3 is 2.47 bits per heavy atom. The Bertz CT molecular complexity index is 974. The molecule has 2 N–H and O–H groups in total. The molecule has 0 aliphatic carbocycles. The number of likely N-dealkylation sites (tertiary alicyclic amines) is 2. The molecule has 2 amide bonds. The Hall–Kier alpha value is -2.05. The van der Waals surface area contributed by atoms with Crippen LogP contribution in [0.15, 0.2) is 24.3 Å². The van der Waals surface area contributed by atoms with Crippen LogP contribution in [0.5, 0.6) is 0 Å². The monoisotopic (exact) mass is 486 g/mol. The van der Waals surface area contributed by atoms with Crippen molar-refractivity contribution >= 4 is 34.3 Å². The van der Waals surface area contributed by atoms with Gasteiger partial charge in [-0.25, -0.2) is 0 Å². The van der Waals surface area contributed by atoms with Gasteiger partial charge in [0.15, 0.2) is 0 Å². The predicted molar refractivity (Wildman–Crippen MR) is 138 cm³/mol. The zero-order chi connectivity index (χ0) is 24.1. The number of aromatic amines is 1. The summed E-state index contributed by atoms with van der Waals surface area (Å²) >= 11 is 6.07. The molecule has 2 saturated heterocycles. The summed E-state index contributed by atoms with van der Waals surface area (Å²) in [6.45, 7) is 8.81. The molecule has 186 valence electrons. The average Bonchev–Trinajstić information content (AvgIpc) is 3.07. The Kier molecular flexibility index (Phi) is 8.54. The highest BCUT2D eigenvalue weighted by Gasteiger charge is 2.30. The van der Waals surface area contributed by atoms with Gasteiger partial charge in [0.1, 0.15) is 5.69 Å². The predicted octanol–water partition coefficient (Wildman–Crippen LogP) is 5.08. The van der Waals surface area contributed by atoms with Crippen molar-refractivity contribution in [1.82, 2.24) is 20.1 Å². The first-order chi connectivity index (χ1) is 16.4. The molecule has 1 aromatic heterocycles. The summed E-state index contributed by atoms with van der Waals surface area (Å²) in [5, 5.41) is 4.79. The third-order valence-electron chi connectivity index (χ3n) is 7.89. The van der Waals surface area contributed by atoms with Gasteiger partial charge in [-0.1, -0.05) is 31.4 Å². The number of hydrogen-bond donors (Lipinski definition) is 2. The van der Waals surface area contributed by atoms with Gasteiger partial charge in [0.05, 0.1) is 0 Å². The number of fused-ring (bicyclic) bond motifs is 1. The highest BCUT2D eigenvalue weighted by molar-refractivity contribution is 6.31. The summed E-state index contributed by atoms with van der Waals surface area (Å²) < 4.78 is 0. The molecule has 1 aromatic carbocycles. The SMILES string of the molecule is C[C@H](C(=O)NCC[C@H](C)N1CCCCCC1)C1CCN(C(=O)c2cc3cc(Cl)ccc3[nH]2)CC1. The van der Waals surface area contributed by atoms with Crippen molar-refractivity contribution in [1.29, 1.82) is 0 Å². The Labute approximate surface area is 208 Å². The van der Waals surface area contributed by atoms with Crippen LogP contribution >= 0.6 is 11.6 Å². The first kappa shape index (κ1) is 25.1. The standard InChI is InChI=1S/C27H39ClN4O2/c1-19(31-13-5-3-4-6-14-31)9-12-29-26(33)20(2)21-10-15-32(16-11-21)27(34)25-18-22-17-23(28)7-8-24(22)30-25/h7-8,17-21,30H,3-6,9-16H2,1-2H3,(H,29,33)/t19-,20-/m0/s1. The molecule has 2 atom stereocenters. The van der Waals surface area contributed by atoms with Crippen LogP contribution in [0.3, 0.4) is 0 Å². The molecule has 0 spiro atoms. The van der Waals surface area contributed by atoms with Gasteiger partial charge in [-0.2, -0.15) is 0 Å². The number of aromatic nitrogens is 1. The van der Waals surface area contributed by atoms with Gasteiger partial charge in [-0.05, 0) is 82.3 Å². The van der Waals surface area contributed by atoms with Gasteiger partial charge in [0.2, 0.25) is 5.91 Å². The van der Waals surface area contributed by atoms with E-state index in [4.69, 9.17) is 11.6 Å². The van der Waals surface area contributed by atoms with Crippen molar-refractivity contribution in [2.75, 3.05) is 32.7 Å². The number of nitrogens with zero attached hydrogens (tertiary/aromatic N) is 2. The lowest BCUT2D eigenvalue weighted by molar-refractivity contribution is -0.126. The minimum absolute atomic E-state index is 0.0189. The number of hydrogen-bond acceptors (Lipinski definition) is 3. The van der Waals surface area contributed by atoms with E-state index in [2.05, 4.69) is 22.1 Å². The minimum Gasteiger partial charge on any atom is -0.356 e. The van der Waals surface area contributed by atoms with Crippen molar-refractivity contribution in [2.45, 2.75) is 64.8 Å². The van der Waals surface area contributed by atoms with Crippen LogP contribution < -0.4 is 5.32 Å². The molecule has 4 rings (SSSR count). The fourth-order valence-corrected chi connectivity index (χ4v) is 5.67. The molecule has 0 radical (unpaired) electrons. The third kappa shape index (κ3) is 6.14. The zero-order valence-corrected chi connectivity index (χ0v) is 21.4. The van der Waals surface area contributed by atoms with E-state index in [-0.39, 0.29) is 17.7 Å². The minimum atomic E-state index is -0.0269. The van der Waals surface area contributed by atoms with E-state index in [1.807, 2.05) is 36.1 Å². The normalized spacial score (nSPS) is 20.1. The van der Waals surface area contributed by atoms with Crippen molar-refractivity contribution in [3.05, 3.63) is 35.0 Å². The zero-order valence-electron chi connectivity index (χ0n) is 20.6. The second-order valence-electron chi connectivity index (χ2n) is 10.2. The lowest BCUT2D eigenvalue weighted by Crippen LogP contribution is -2.43. The number of H-pyrrole nitrogens is 1. The van der Waals surface area contributed by atoms with E-state index in [0.29, 0.717) is 35.8 Å². The molecule has 7 heteroatoms. The molecule has 6 nitrogen and oxygen atoms in total. The lowest BCUT2D eigenvalue weighted by atomic mass is 9.84. The summed E-state index contributed by atoms with van der Waals surface area (Å²) in [5.74, 6) is 0.459. The number of amides is 2. The van der Waals surface area contributed by atoms with Crippen molar-refractivity contribution in [2.24, 2.45) is 11.8 Å². The summed E-state index contributed by atoms with van der Waals surface area (Å²) in [5.41, 5.74) is 1.51. The highest BCUT2D eigenvalue weighted by Crippen LogP contribution is 2.27. The molecule has 2 aromatic rings. The lowest BCUT2D eigenvalue weighted by Gasteiger charge is -2.34. The molecule has 2 aliphatic heterocycles. The van der Waals surface area contributed by atoms with Gasteiger partial charge in [0.25, 0.3) is 5.91 Å². The third-order valence-corrected chi connectivity index (χ3v) is 8.12. The Balaban J connectivity index is 1.21. The van der Waals surface area contributed by atoms with E-state index in [1.54, 1.807) is 0 Å². The molecule has 0 unspecified atom stereocenters. The van der Waals surface area contributed by atoms with Gasteiger partial charge < -0.3 is 20.1 Å². The quantitative estimate of drug-likeness (QED) is 0.573. The number of carbonyl (C=O) groups is 2. The number of piperidine rings is 1. The highest BCUT2D eigenvalue weighted by atomic mass is 35.5. The van der Waals surface area contributed by atoms with E-state index in [1.165, 1.54) is 38.8 Å². The van der Waals surface area contributed by atoms with Gasteiger partial charge in [0, 0.05) is 47.5 Å². The first-order valence-electron chi connectivity index (χ1n) is 13.0. The van der Waals surface area contributed by atoms with Crippen LogP contribution in [0.4, 0.5) is 0 Å². The van der Waals surface area contributed by atoms with Gasteiger partial charge in [-0.15, -0.1) is 0 Å². The summed E-state index contributed by atoms with van der Waals surface area (Å²) in [6, 6.07) is 7.98. The van der Waals surface area contributed by atoms with Gasteiger partial charge >= 0.3 is 0 Å². The fourth-order valence-electron chi connectivity index (χ4n) is 5.49. The number of rotatable bonds is 7. The van der Waals surface area contributed by atoms with Crippen molar-refractivity contribution < 1.29 is 9.59 Å². The van der Waals surface area contributed by atoms with Crippen LogP contribution in [0, 0.1) is 11.8 Å². The Morgan fingerprint density at radius 1 is 1.06 bits per heavy atom. The maximum absolute atomic E-state index is 13.0. The topological polar surface area (TPSA) is 68.4 Å². The Morgan fingerprint density at radius 2 is 1.76 bits per heavy atom. The molecule has 0 bridgehead atoms. The molecular weight excluding hydrogens is 448 g/mol. The summed E-state index contributed by atoms with van der Waals surface area (Å²) in [4.78, 5) is 33.5. The smallest absolute Gasteiger partial charge is 0.270 e. The van der Waals surface area contributed by atoms with Crippen LogP contribution in [0.25, 0.3) is 10.9 Å². The second kappa shape index (κ2) is 11.6. The summed E-state index contributed by atoms with van der Waals surface area (Å²) in [7, 11) is 0. The van der Waals surface area contributed by atoms with Crippen LogP contribution in [0.2, 0.25) is 5.02 Å². The molecule has 2 aliphatic rings. The summed E-state index contributed by atoms with van der Waals surface area (Å²) in [6.07, 6.45) is 8.00. The van der Waals surface area contributed by atoms with E-state index < -0.39 is 0 Å². The van der Waals surface area contributed by atoms with E-state index in [0.717, 1.165) is 36.7 Å². The number of carbonyl (C=O) groups excluding carboxylic acids is 2. The van der Waals surface area contributed by atoms with E-state index in [9.17, 15) is 9.59 Å². The molecule has 34 heavy (non-hydrogen) atoms. The average molecular weight is 487 g/mol. The van der Waals surface area contributed by atoms with Crippen LogP contribution in [-0.4, -0.2) is 65.4 Å². The number of halogens is 1. The number of nitrogens with one attached hydrogen (secondary N) is 2. The fraction of sp³-hybridized carbons (Fsp3) is 0.630. The van der Waals surface area contributed by atoms with Crippen LogP contribution in [0.1, 0.15) is 69.3 Å². The van der Waals surface area contributed by atoms with E-state index >= 15 is 0 Å². The largest absolute Gasteiger partial charge is 0.356 e. The van der Waals surface area contributed by atoms with Crippen LogP contribution in [-0.2, 0) is 4.79 Å². The molecular formula is C27H39ClN4O2. The van der Waals surface area contributed by atoms with Crippen molar-refractivity contribution in [3.8, 4) is 0 Å².